The van der Waals surface area contributed by atoms with Gasteiger partial charge in [0.15, 0.2) is 0 Å². The SMILES string of the molecule is CCNC(CC1CCCO1)C1CCCC(C)C1. The zero-order valence-electron chi connectivity index (χ0n) is 11.6. The summed E-state index contributed by atoms with van der Waals surface area (Å²) in [6, 6.07) is 0.700. The molecule has 1 aliphatic carbocycles. The molecule has 17 heavy (non-hydrogen) atoms. The highest BCUT2D eigenvalue weighted by Crippen LogP contribution is 2.33. The number of nitrogens with one attached hydrogen (secondary N) is 1. The molecule has 1 heterocycles. The Morgan fingerprint density at radius 3 is 2.76 bits per heavy atom. The highest BCUT2D eigenvalue weighted by Gasteiger charge is 2.29. The maximum Gasteiger partial charge on any atom is 0.0590 e. The van der Waals surface area contributed by atoms with Crippen molar-refractivity contribution in [2.24, 2.45) is 11.8 Å². The summed E-state index contributed by atoms with van der Waals surface area (Å²) in [6.07, 6.45) is 10.0. The lowest BCUT2D eigenvalue weighted by Gasteiger charge is -2.35. The summed E-state index contributed by atoms with van der Waals surface area (Å²) in [4.78, 5) is 0. The molecule has 0 spiro atoms. The van der Waals surface area contributed by atoms with Crippen LogP contribution < -0.4 is 5.32 Å². The summed E-state index contributed by atoms with van der Waals surface area (Å²) in [7, 11) is 0. The Morgan fingerprint density at radius 1 is 1.24 bits per heavy atom. The van der Waals surface area contributed by atoms with E-state index in [1.807, 2.05) is 0 Å². The van der Waals surface area contributed by atoms with Crippen LogP contribution in [0.2, 0.25) is 0 Å². The van der Waals surface area contributed by atoms with Crippen LogP contribution >= 0.6 is 0 Å². The van der Waals surface area contributed by atoms with Crippen LogP contribution in [-0.4, -0.2) is 25.3 Å². The van der Waals surface area contributed by atoms with E-state index in [2.05, 4.69) is 19.2 Å². The van der Waals surface area contributed by atoms with E-state index in [4.69, 9.17) is 4.74 Å². The van der Waals surface area contributed by atoms with Crippen molar-refractivity contribution in [2.75, 3.05) is 13.2 Å². The third kappa shape index (κ3) is 3.96. The maximum absolute atomic E-state index is 5.81. The molecule has 4 atom stereocenters. The molecular formula is C15H29NO. The van der Waals surface area contributed by atoms with Crippen molar-refractivity contribution in [2.45, 2.75) is 70.9 Å². The zero-order valence-corrected chi connectivity index (χ0v) is 11.6. The molecule has 2 fully saturated rings. The minimum absolute atomic E-state index is 0.538. The predicted octanol–water partition coefficient (Wildman–Crippen LogP) is 3.36. The molecule has 2 heteroatoms. The average molecular weight is 239 g/mol. The molecule has 0 aromatic rings. The van der Waals surface area contributed by atoms with Crippen LogP contribution in [0.5, 0.6) is 0 Å². The molecule has 2 aliphatic rings. The molecular weight excluding hydrogens is 210 g/mol. The molecule has 0 amide bonds. The van der Waals surface area contributed by atoms with Crippen molar-refractivity contribution < 1.29 is 4.74 Å². The van der Waals surface area contributed by atoms with Gasteiger partial charge in [0.1, 0.15) is 0 Å². The van der Waals surface area contributed by atoms with Crippen LogP contribution in [0.1, 0.15) is 58.8 Å². The first-order valence-corrected chi connectivity index (χ1v) is 7.64. The van der Waals surface area contributed by atoms with Gasteiger partial charge in [-0.15, -0.1) is 0 Å². The summed E-state index contributed by atoms with van der Waals surface area (Å²) in [5.74, 6) is 1.82. The van der Waals surface area contributed by atoms with Crippen molar-refractivity contribution in [1.82, 2.24) is 5.32 Å². The molecule has 2 rings (SSSR count). The Balaban J connectivity index is 1.85. The van der Waals surface area contributed by atoms with Crippen molar-refractivity contribution in [3.63, 3.8) is 0 Å². The number of rotatable bonds is 5. The van der Waals surface area contributed by atoms with Crippen molar-refractivity contribution in [3.05, 3.63) is 0 Å². The van der Waals surface area contributed by atoms with E-state index in [-0.39, 0.29) is 0 Å². The molecule has 1 N–H and O–H groups in total. The summed E-state index contributed by atoms with van der Waals surface area (Å²) in [5.41, 5.74) is 0. The Bertz CT molecular complexity index is 213. The molecule has 0 aromatic heterocycles. The molecule has 0 aromatic carbocycles. The first-order valence-electron chi connectivity index (χ1n) is 7.64. The summed E-state index contributed by atoms with van der Waals surface area (Å²) >= 11 is 0. The summed E-state index contributed by atoms with van der Waals surface area (Å²) < 4.78 is 5.81. The highest BCUT2D eigenvalue weighted by atomic mass is 16.5. The summed E-state index contributed by atoms with van der Waals surface area (Å²) in [6.45, 7) is 6.74. The second-order valence-electron chi connectivity index (χ2n) is 6.07. The smallest absolute Gasteiger partial charge is 0.0590 e. The fraction of sp³-hybridized carbons (Fsp3) is 1.00. The lowest BCUT2D eigenvalue weighted by atomic mass is 9.77. The van der Waals surface area contributed by atoms with Gasteiger partial charge < -0.3 is 10.1 Å². The van der Waals surface area contributed by atoms with Crippen LogP contribution in [0.3, 0.4) is 0 Å². The molecule has 100 valence electrons. The molecule has 4 unspecified atom stereocenters. The fourth-order valence-electron chi connectivity index (χ4n) is 3.66. The van der Waals surface area contributed by atoms with Crippen molar-refractivity contribution >= 4 is 0 Å². The van der Waals surface area contributed by atoms with Gasteiger partial charge in [0.05, 0.1) is 6.10 Å². The minimum atomic E-state index is 0.538. The highest BCUT2D eigenvalue weighted by molar-refractivity contribution is 4.84. The standard InChI is InChI=1S/C15H29NO/c1-3-16-15(11-14-8-5-9-17-14)13-7-4-6-12(2)10-13/h12-16H,3-11H2,1-2H3. The summed E-state index contributed by atoms with van der Waals surface area (Å²) in [5, 5.41) is 3.72. The Hall–Kier alpha value is -0.0800. The van der Waals surface area contributed by atoms with Gasteiger partial charge in [-0.2, -0.15) is 0 Å². The van der Waals surface area contributed by atoms with Gasteiger partial charge in [-0.05, 0) is 50.5 Å². The molecule has 1 aliphatic heterocycles. The van der Waals surface area contributed by atoms with E-state index in [9.17, 15) is 0 Å². The normalized spacial score (nSPS) is 36.0. The molecule has 1 saturated carbocycles. The maximum atomic E-state index is 5.81. The van der Waals surface area contributed by atoms with E-state index in [0.717, 1.165) is 25.0 Å². The lowest BCUT2D eigenvalue weighted by molar-refractivity contribution is 0.0801. The average Bonchev–Trinajstić information content (AvgIpc) is 2.81. The van der Waals surface area contributed by atoms with Gasteiger partial charge in [-0.3, -0.25) is 0 Å². The van der Waals surface area contributed by atoms with E-state index < -0.39 is 0 Å². The number of hydrogen-bond acceptors (Lipinski definition) is 2. The first kappa shape index (κ1) is 13.4. The molecule has 0 bridgehead atoms. The monoisotopic (exact) mass is 239 g/mol. The van der Waals surface area contributed by atoms with Crippen LogP contribution in [0, 0.1) is 11.8 Å². The van der Waals surface area contributed by atoms with Gasteiger partial charge in [-0.25, -0.2) is 0 Å². The lowest BCUT2D eigenvalue weighted by Crippen LogP contribution is -2.40. The van der Waals surface area contributed by atoms with E-state index in [1.165, 1.54) is 44.9 Å². The van der Waals surface area contributed by atoms with Crippen molar-refractivity contribution in [3.8, 4) is 0 Å². The van der Waals surface area contributed by atoms with Gasteiger partial charge in [-0.1, -0.05) is 26.7 Å². The molecule has 1 saturated heterocycles. The fourth-order valence-corrected chi connectivity index (χ4v) is 3.66. The van der Waals surface area contributed by atoms with Crippen LogP contribution in [0.15, 0.2) is 0 Å². The third-order valence-corrected chi connectivity index (χ3v) is 4.55. The molecule has 2 nitrogen and oxygen atoms in total. The Morgan fingerprint density at radius 2 is 2.12 bits per heavy atom. The quantitative estimate of drug-likeness (QED) is 0.794. The van der Waals surface area contributed by atoms with Gasteiger partial charge >= 0.3 is 0 Å². The molecule has 0 radical (unpaired) electrons. The van der Waals surface area contributed by atoms with Crippen LogP contribution in [0.4, 0.5) is 0 Å². The predicted molar refractivity (Wildman–Crippen MR) is 72.2 cm³/mol. The van der Waals surface area contributed by atoms with Gasteiger partial charge in [0.2, 0.25) is 0 Å². The number of ether oxygens (including phenoxy) is 1. The Labute approximate surface area is 107 Å². The van der Waals surface area contributed by atoms with Crippen molar-refractivity contribution in [1.29, 1.82) is 0 Å². The number of hydrogen-bond donors (Lipinski definition) is 1. The minimum Gasteiger partial charge on any atom is -0.378 e. The van der Waals surface area contributed by atoms with Crippen LogP contribution in [0.25, 0.3) is 0 Å². The third-order valence-electron chi connectivity index (χ3n) is 4.55. The second-order valence-corrected chi connectivity index (χ2v) is 6.07. The largest absolute Gasteiger partial charge is 0.378 e. The van der Waals surface area contributed by atoms with Gasteiger partial charge in [0, 0.05) is 12.6 Å². The second kappa shape index (κ2) is 6.75. The van der Waals surface area contributed by atoms with E-state index in [1.54, 1.807) is 0 Å². The van der Waals surface area contributed by atoms with E-state index in [0.29, 0.717) is 12.1 Å². The first-order chi connectivity index (χ1) is 8.29. The Kier molecular flexibility index (Phi) is 5.30. The van der Waals surface area contributed by atoms with Gasteiger partial charge in [0.25, 0.3) is 0 Å². The topological polar surface area (TPSA) is 21.3 Å². The van der Waals surface area contributed by atoms with E-state index >= 15 is 0 Å². The zero-order chi connectivity index (χ0) is 12.1. The van der Waals surface area contributed by atoms with Crippen LogP contribution in [-0.2, 0) is 4.74 Å².